The summed E-state index contributed by atoms with van der Waals surface area (Å²) in [5, 5.41) is 6.39. The first-order valence-corrected chi connectivity index (χ1v) is 8.36. The molecule has 3 aromatic rings. The molecule has 2 nitrogen and oxygen atoms in total. The largest absolute Gasteiger partial charge is 0.306 e. The minimum absolute atomic E-state index is 0.170. The molecule has 0 unspecified atom stereocenters. The molecule has 21 heavy (non-hydrogen) atoms. The van der Waals surface area contributed by atoms with E-state index in [1.165, 1.54) is 4.88 Å². The van der Waals surface area contributed by atoms with E-state index in [2.05, 4.69) is 17.2 Å². The summed E-state index contributed by atoms with van der Waals surface area (Å²) in [6.07, 6.45) is 1.88. The van der Waals surface area contributed by atoms with Crippen molar-refractivity contribution in [3.63, 3.8) is 0 Å². The summed E-state index contributed by atoms with van der Waals surface area (Å²) in [5.41, 5.74) is 1.75. The molecule has 0 atom stereocenters. The molecule has 1 aromatic carbocycles. The maximum Gasteiger partial charge on any atom is 0.131 e. The molecule has 0 spiro atoms. The van der Waals surface area contributed by atoms with E-state index in [1.807, 2.05) is 35.8 Å². The van der Waals surface area contributed by atoms with Gasteiger partial charge in [0.25, 0.3) is 0 Å². The van der Waals surface area contributed by atoms with E-state index in [0.717, 1.165) is 22.0 Å². The van der Waals surface area contributed by atoms with Crippen molar-refractivity contribution in [3.05, 3.63) is 63.2 Å². The van der Waals surface area contributed by atoms with Crippen LogP contribution in [0.3, 0.4) is 0 Å². The average molecular weight is 318 g/mol. The average Bonchev–Trinajstić information content (AvgIpc) is 3.12. The Kier molecular flexibility index (Phi) is 4.43. The lowest BCUT2D eigenvalue weighted by Crippen LogP contribution is -2.12. The topological polar surface area (TPSA) is 24.9 Å². The monoisotopic (exact) mass is 318 g/mol. The third-order valence-electron chi connectivity index (χ3n) is 3.09. The normalized spacial score (nSPS) is 11.0. The van der Waals surface area contributed by atoms with E-state index >= 15 is 0 Å². The molecule has 108 valence electrons. The number of aryl methyl sites for hydroxylation is 1. The van der Waals surface area contributed by atoms with Gasteiger partial charge in [0.2, 0.25) is 0 Å². The summed E-state index contributed by atoms with van der Waals surface area (Å²) in [6.45, 7) is 3.50. The first-order valence-electron chi connectivity index (χ1n) is 6.67. The van der Waals surface area contributed by atoms with Gasteiger partial charge in [0, 0.05) is 34.6 Å². The van der Waals surface area contributed by atoms with Crippen LogP contribution < -0.4 is 5.32 Å². The van der Waals surface area contributed by atoms with Gasteiger partial charge in [-0.3, -0.25) is 0 Å². The number of hydrogen-bond donors (Lipinski definition) is 1. The number of hydrogen-bond acceptors (Lipinski definition) is 4. The molecule has 1 N–H and O–H groups in total. The van der Waals surface area contributed by atoms with Crippen LogP contribution in [-0.4, -0.2) is 4.98 Å². The molecule has 0 fully saturated rings. The molecular formula is C16H15FN2S2. The van der Waals surface area contributed by atoms with Gasteiger partial charge in [-0.25, -0.2) is 9.37 Å². The van der Waals surface area contributed by atoms with Gasteiger partial charge >= 0.3 is 0 Å². The van der Waals surface area contributed by atoms with Crippen LogP contribution in [0, 0.1) is 12.7 Å². The predicted molar refractivity (Wildman–Crippen MR) is 87.1 cm³/mol. The van der Waals surface area contributed by atoms with Crippen molar-refractivity contribution in [2.24, 2.45) is 0 Å². The zero-order chi connectivity index (χ0) is 14.7. The van der Waals surface area contributed by atoms with Gasteiger partial charge in [-0.2, -0.15) is 0 Å². The third kappa shape index (κ3) is 3.56. The Morgan fingerprint density at radius 1 is 1.24 bits per heavy atom. The van der Waals surface area contributed by atoms with Gasteiger partial charge in [0.05, 0.1) is 0 Å². The lowest BCUT2D eigenvalue weighted by atomic mass is 10.1. The summed E-state index contributed by atoms with van der Waals surface area (Å²) in [5.74, 6) is -0.170. The Hall–Kier alpha value is -1.56. The van der Waals surface area contributed by atoms with Crippen LogP contribution in [0.1, 0.15) is 15.4 Å². The number of nitrogens with one attached hydrogen (secondary N) is 1. The maximum atomic E-state index is 13.9. The molecule has 0 aliphatic rings. The Labute approximate surface area is 131 Å². The Bertz CT molecular complexity index is 720. The molecule has 2 aromatic heterocycles. The molecule has 5 heteroatoms. The highest BCUT2D eigenvalue weighted by Gasteiger charge is 2.07. The molecule has 0 aliphatic heterocycles. The fourth-order valence-electron chi connectivity index (χ4n) is 2.10. The van der Waals surface area contributed by atoms with Crippen molar-refractivity contribution in [3.8, 4) is 10.4 Å². The van der Waals surface area contributed by atoms with Crippen molar-refractivity contribution in [1.29, 1.82) is 0 Å². The van der Waals surface area contributed by atoms with E-state index in [9.17, 15) is 4.39 Å². The van der Waals surface area contributed by atoms with Crippen LogP contribution >= 0.6 is 22.7 Å². The molecule has 0 bridgehead atoms. The van der Waals surface area contributed by atoms with Crippen molar-refractivity contribution >= 4 is 22.7 Å². The van der Waals surface area contributed by atoms with Crippen LogP contribution in [-0.2, 0) is 13.1 Å². The molecule has 0 saturated heterocycles. The number of thiophene rings is 1. The van der Waals surface area contributed by atoms with E-state index in [0.29, 0.717) is 12.1 Å². The van der Waals surface area contributed by atoms with Crippen LogP contribution in [0.15, 0.2) is 41.9 Å². The lowest BCUT2D eigenvalue weighted by molar-refractivity contribution is 0.628. The smallest absolute Gasteiger partial charge is 0.131 e. The second-order valence-corrected chi connectivity index (χ2v) is 7.03. The molecule has 0 saturated carbocycles. The number of rotatable bonds is 5. The highest BCUT2D eigenvalue weighted by molar-refractivity contribution is 7.13. The Morgan fingerprint density at radius 2 is 2.14 bits per heavy atom. The van der Waals surface area contributed by atoms with Crippen molar-refractivity contribution in [1.82, 2.24) is 10.3 Å². The number of benzene rings is 1. The molecule has 2 heterocycles. The van der Waals surface area contributed by atoms with Crippen LogP contribution in [0.25, 0.3) is 10.4 Å². The summed E-state index contributed by atoms with van der Waals surface area (Å²) < 4.78 is 13.9. The fourth-order valence-corrected chi connectivity index (χ4v) is 3.60. The molecule has 3 rings (SSSR count). The van der Waals surface area contributed by atoms with Crippen LogP contribution in [0.2, 0.25) is 0 Å². The summed E-state index contributed by atoms with van der Waals surface area (Å²) in [4.78, 5) is 6.50. The van der Waals surface area contributed by atoms with Gasteiger partial charge in [-0.05, 0) is 36.1 Å². The van der Waals surface area contributed by atoms with Gasteiger partial charge in [-0.1, -0.05) is 12.1 Å². The second kappa shape index (κ2) is 6.47. The van der Waals surface area contributed by atoms with Crippen LogP contribution in [0.5, 0.6) is 0 Å². The minimum atomic E-state index is -0.170. The van der Waals surface area contributed by atoms with E-state index in [4.69, 9.17) is 0 Å². The van der Waals surface area contributed by atoms with Gasteiger partial charge < -0.3 is 5.32 Å². The second-order valence-electron chi connectivity index (χ2n) is 4.76. The quantitative estimate of drug-likeness (QED) is 0.743. The predicted octanol–water partition coefficient (Wildman–Crippen LogP) is 4.61. The van der Waals surface area contributed by atoms with Gasteiger partial charge in [0.15, 0.2) is 0 Å². The van der Waals surface area contributed by atoms with Crippen molar-refractivity contribution in [2.75, 3.05) is 0 Å². The van der Waals surface area contributed by atoms with E-state index in [1.54, 1.807) is 28.7 Å². The summed E-state index contributed by atoms with van der Waals surface area (Å²) in [6, 6.07) is 9.17. The molecule has 0 amide bonds. The Morgan fingerprint density at radius 3 is 2.86 bits per heavy atom. The standard InChI is InChI=1S/C16H15FN2S2/c1-11-8-19-16(21-11)10-18-9-12-4-5-14(17)13(7-12)15-3-2-6-20-15/h2-8,18H,9-10H2,1H3. The summed E-state index contributed by atoms with van der Waals surface area (Å²) in [7, 11) is 0. The number of nitrogens with zero attached hydrogens (tertiary/aromatic N) is 1. The van der Waals surface area contributed by atoms with E-state index in [-0.39, 0.29) is 5.82 Å². The number of aromatic nitrogens is 1. The fraction of sp³-hybridized carbons (Fsp3) is 0.188. The zero-order valence-electron chi connectivity index (χ0n) is 11.6. The lowest BCUT2D eigenvalue weighted by Gasteiger charge is -2.06. The number of thiazole rings is 1. The maximum absolute atomic E-state index is 13.9. The first kappa shape index (κ1) is 14.4. The minimum Gasteiger partial charge on any atom is -0.306 e. The van der Waals surface area contributed by atoms with Gasteiger partial charge in [0.1, 0.15) is 10.8 Å². The molecular weight excluding hydrogens is 303 g/mol. The highest BCUT2D eigenvalue weighted by Crippen LogP contribution is 2.28. The third-order valence-corrected chi connectivity index (χ3v) is 4.91. The highest BCUT2D eigenvalue weighted by atomic mass is 32.1. The first-order chi connectivity index (χ1) is 10.2. The van der Waals surface area contributed by atoms with Crippen LogP contribution in [0.4, 0.5) is 4.39 Å². The van der Waals surface area contributed by atoms with Gasteiger partial charge in [-0.15, -0.1) is 22.7 Å². The Balaban J connectivity index is 1.67. The van der Waals surface area contributed by atoms with E-state index < -0.39 is 0 Å². The molecule has 0 aliphatic carbocycles. The van der Waals surface area contributed by atoms with Crippen molar-refractivity contribution in [2.45, 2.75) is 20.0 Å². The molecule has 0 radical (unpaired) electrons. The summed E-state index contributed by atoms with van der Waals surface area (Å²) >= 11 is 3.25. The van der Waals surface area contributed by atoms with Crippen molar-refractivity contribution < 1.29 is 4.39 Å². The number of halogens is 1. The zero-order valence-corrected chi connectivity index (χ0v) is 13.2. The SMILES string of the molecule is Cc1cnc(CNCc2ccc(F)c(-c3cccs3)c2)s1.